The van der Waals surface area contributed by atoms with Crippen LogP contribution in [0.2, 0.25) is 0 Å². The van der Waals surface area contributed by atoms with Gasteiger partial charge in [-0.05, 0) is 30.2 Å². The summed E-state index contributed by atoms with van der Waals surface area (Å²) in [7, 11) is 0. The highest BCUT2D eigenvalue weighted by Gasteiger charge is 2.39. The highest BCUT2D eigenvalue weighted by atomic mass is 16.2. The number of imide groups is 1. The molecule has 1 fully saturated rings. The van der Waals surface area contributed by atoms with Gasteiger partial charge in [0.15, 0.2) is 0 Å². The molecular weight excluding hydrogens is 276 g/mol. The maximum Gasteiger partial charge on any atom is 0.251 e. The molecule has 4 nitrogen and oxygen atoms in total. The van der Waals surface area contributed by atoms with Gasteiger partial charge >= 0.3 is 0 Å². The molecule has 22 heavy (non-hydrogen) atoms. The lowest BCUT2D eigenvalue weighted by Gasteiger charge is -2.15. The zero-order valence-corrected chi connectivity index (χ0v) is 12.5. The number of amides is 2. The number of anilines is 1. The summed E-state index contributed by atoms with van der Waals surface area (Å²) in [6, 6.07) is 16.6. The first-order valence-corrected chi connectivity index (χ1v) is 7.36. The predicted octanol–water partition coefficient (Wildman–Crippen LogP) is 2.42. The van der Waals surface area contributed by atoms with Crippen LogP contribution in [0.4, 0.5) is 5.69 Å². The number of benzene rings is 2. The first-order chi connectivity index (χ1) is 10.7. The average Bonchev–Trinajstić information content (AvgIpc) is 2.81. The maximum absolute atomic E-state index is 12.5. The molecule has 112 valence electrons. The van der Waals surface area contributed by atoms with Crippen LogP contribution >= 0.6 is 0 Å². The molecule has 1 N–H and O–H groups in total. The van der Waals surface area contributed by atoms with Crippen LogP contribution in [-0.2, 0) is 16.1 Å². The number of nitrogens with zero attached hydrogens (tertiary/aromatic N) is 1. The van der Waals surface area contributed by atoms with Crippen molar-refractivity contribution in [2.75, 3.05) is 4.90 Å². The van der Waals surface area contributed by atoms with Crippen molar-refractivity contribution in [1.29, 1.82) is 0 Å². The molecule has 1 saturated heterocycles. The van der Waals surface area contributed by atoms with Gasteiger partial charge in [-0.25, -0.2) is 4.90 Å². The van der Waals surface area contributed by atoms with Gasteiger partial charge in [0.2, 0.25) is 5.91 Å². The third-order valence-electron chi connectivity index (χ3n) is 3.96. The third kappa shape index (κ3) is 2.78. The number of hydrogen-bond acceptors (Lipinski definition) is 3. The van der Waals surface area contributed by atoms with E-state index in [4.69, 9.17) is 0 Å². The Bertz CT molecular complexity index is 697. The molecule has 2 aromatic carbocycles. The second-order valence-electron chi connectivity index (χ2n) is 5.47. The molecule has 1 atom stereocenters. The quantitative estimate of drug-likeness (QED) is 0.881. The molecule has 0 aliphatic carbocycles. The van der Waals surface area contributed by atoms with Crippen molar-refractivity contribution in [3.63, 3.8) is 0 Å². The number of carbonyl (C=O) groups excluding carboxylic acids is 2. The Morgan fingerprint density at radius 3 is 2.45 bits per heavy atom. The Balaban J connectivity index is 1.71. The molecule has 0 spiro atoms. The Labute approximate surface area is 129 Å². The highest BCUT2D eigenvalue weighted by molar-refractivity contribution is 6.22. The average molecular weight is 294 g/mol. The molecule has 1 heterocycles. The van der Waals surface area contributed by atoms with Gasteiger partial charge in [0.05, 0.1) is 18.2 Å². The molecule has 3 rings (SSSR count). The minimum atomic E-state index is -0.452. The van der Waals surface area contributed by atoms with E-state index in [-0.39, 0.29) is 18.2 Å². The van der Waals surface area contributed by atoms with Crippen LogP contribution in [0.15, 0.2) is 54.6 Å². The summed E-state index contributed by atoms with van der Waals surface area (Å²) >= 11 is 0. The molecule has 0 saturated carbocycles. The van der Waals surface area contributed by atoms with Gasteiger partial charge in [0.25, 0.3) is 5.91 Å². The summed E-state index contributed by atoms with van der Waals surface area (Å²) in [5.41, 5.74) is 2.95. The minimum Gasteiger partial charge on any atom is -0.301 e. The Kier molecular flexibility index (Phi) is 4.02. The summed E-state index contributed by atoms with van der Waals surface area (Å²) in [5, 5.41) is 3.21. The first kappa shape index (κ1) is 14.5. The van der Waals surface area contributed by atoms with Crippen molar-refractivity contribution < 1.29 is 9.59 Å². The molecule has 1 aliphatic heterocycles. The summed E-state index contributed by atoms with van der Waals surface area (Å²) in [4.78, 5) is 25.9. The van der Waals surface area contributed by atoms with Crippen LogP contribution < -0.4 is 10.2 Å². The van der Waals surface area contributed by atoms with Crippen LogP contribution in [0.25, 0.3) is 0 Å². The van der Waals surface area contributed by atoms with Crippen molar-refractivity contribution in [3.05, 3.63) is 65.7 Å². The number of carbonyl (C=O) groups is 2. The second-order valence-corrected chi connectivity index (χ2v) is 5.47. The molecule has 2 amide bonds. The van der Waals surface area contributed by atoms with Crippen molar-refractivity contribution in [2.45, 2.75) is 25.9 Å². The SMILES string of the molecule is Cc1ccccc1CN[C@H]1CC(=O)N(c2ccccc2)C1=O. The molecule has 2 aromatic rings. The van der Waals surface area contributed by atoms with Gasteiger partial charge < -0.3 is 5.32 Å². The van der Waals surface area contributed by atoms with Crippen LogP contribution in [0, 0.1) is 6.92 Å². The normalized spacial score (nSPS) is 18.0. The molecule has 4 heteroatoms. The van der Waals surface area contributed by atoms with E-state index < -0.39 is 6.04 Å². The lowest BCUT2D eigenvalue weighted by molar-refractivity contribution is -0.121. The van der Waals surface area contributed by atoms with Gasteiger partial charge in [-0.1, -0.05) is 42.5 Å². The van der Waals surface area contributed by atoms with E-state index in [9.17, 15) is 9.59 Å². The molecule has 1 aliphatic rings. The van der Waals surface area contributed by atoms with E-state index in [2.05, 4.69) is 5.32 Å². The zero-order chi connectivity index (χ0) is 15.5. The van der Waals surface area contributed by atoms with Crippen molar-refractivity contribution in [1.82, 2.24) is 5.32 Å². The maximum atomic E-state index is 12.5. The number of rotatable bonds is 4. The number of para-hydroxylation sites is 1. The van der Waals surface area contributed by atoms with Crippen molar-refractivity contribution in [3.8, 4) is 0 Å². The van der Waals surface area contributed by atoms with Crippen LogP contribution in [0.3, 0.4) is 0 Å². The predicted molar refractivity (Wildman–Crippen MR) is 85.4 cm³/mol. The van der Waals surface area contributed by atoms with E-state index in [0.29, 0.717) is 12.2 Å². The fraction of sp³-hybridized carbons (Fsp3) is 0.222. The van der Waals surface area contributed by atoms with Gasteiger partial charge in [-0.2, -0.15) is 0 Å². The Hall–Kier alpha value is -2.46. The topological polar surface area (TPSA) is 49.4 Å². The fourth-order valence-electron chi connectivity index (χ4n) is 2.68. The summed E-state index contributed by atoms with van der Waals surface area (Å²) in [6.45, 7) is 2.62. The highest BCUT2D eigenvalue weighted by Crippen LogP contribution is 2.22. The second kappa shape index (κ2) is 6.12. The van der Waals surface area contributed by atoms with Gasteiger partial charge in [0, 0.05) is 6.54 Å². The Morgan fingerprint density at radius 1 is 1.05 bits per heavy atom. The van der Waals surface area contributed by atoms with Crippen LogP contribution in [0.1, 0.15) is 17.5 Å². The van der Waals surface area contributed by atoms with E-state index in [1.165, 1.54) is 10.5 Å². The first-order valence-electron chi connectivity index (χ1n) is 7.36. The van der Waals surface area contributed by atoms with E-state index in [1.807, 2.05) is 49.4 Å². The number of aryl methyl sites for hydroxylation is 1. The minimum absolute atomic E-state index is 0.154. The standard InChI is InChI=1S/C18H18N2O2/c1-13-7-5-6-8-14(13)12-19-16-11-17(21)20(18(16)22)15-9-3-2-4-10-15/h2-10,16,19H,11-12H2,1H3/t16-/m0/s1. The molecule has 0 unspecified atom stereocenters. The van der Waals surface area contributed by atoms with Gasteiger partial charge in [-0.3, -0.25) is 9.59 Å². The number of hydrogen-bond donors (Lipinski definition) is 1. The van der Waals surface area contributed by atoms with Crippen LogP contribution in [-0.4, -0.2) is 17.9 Å². The zero-order valence-electron chi connectivity index (χ0n) is 12.5. The molecule has 0 aromatic heterocycles. The van der Waals surface area contributed by atoms with E-state index in [0.717, 1.165) is 5.56 Å². The van der Waals surface area contributed by atoms with Gasteiger partial charge in [0.1, 0.15) is 0 Å². The molecule has 0 radical (unpaired) electrons. The van der Waals surface area contributed by atoms with Crippen molar-refractivity contribution in [2.24, 2.45) is 0 Å². The van der Waals surface area contributed by atoms with Crippen LogP contribution in [0.5, 0.6) is 0 Å². The summed E-state index contributed by atoms with van der Waals surface area (Å²) in [5.74, 6) is -0.330. The van der Waals surface area contributed by atoms with E-state index in [1.54, 1.807) is 12.1 Å². The summed E-state index contributed by atoms with van der Waals surface area (Å²) in [6.07, 6.45) is 0.208. The van der Waals surface area contributed by atoms with E-state index >= 15 is 0 Å². The lowest BCUT2D eigenvalue weighted by Crippen LogP contribution is -2.38. The number of nitrogens with one attached hydrogen (secondary N) is 1. The monoisotopic (exact) mass is 294 g/mol. The van der Waals surface area contributed by atoms with Gasteiger partial charge in [-0.15, -0.1) is 0 Å². The molecule has 0 bridgehead atoms. The fourth-order valence-corrected chi connectivity index (χ4v) is 2.68. The third-order valence-corrected chi connectivity index (χ3v) is 3.96. The largest absolute Gasteiger partial charge is 0.301 e. The van der Waals surface area contributed by atoms with Crippen molar-refractivity contribution >= 4 is 17.5 Å². The Morgan fingerprint density at radius 2 is 1.73 bits per heavy atom. The smallest absolute Gasteiger partial charge is 0.251 e. The molecular formula is C18H18N2O2. The summed E-state index contributed by atoms with van der Waals surface area (Å²) < 4.78 is 0. The lowest BCUT2D eigenvalue weighted by atomic mass is 10.1.